The molecule has 19 heavy (non-hydrogen) atoms. The van der Waals surface area contributed by atoms with Gasteiger partial charge in [-0.1, -0.05) is 0 Å². The number of hydrogen-bond acceptors (Lipinski definition) is 4. The highest BCUT2D eigenvalue weighted by molar-refractivity contribution is 5.96. The quantitative estimate of drug-likeness (QED) is 0.770. The molecule has 1 rings (SSSR count). The Kier molecular flexibility index (Phi) is 5.11. The van der Waals surface area contributed by atoms with Gasteiger partial charge in [-0.05, 0) is 33.8 Å². The summed E-state index contributed by atoms with van der Waals surface area (Å²) in [6.07, 6.45) is 0. The van der Waals surface area contributed by atoms with E-state index >= 15 is 0 Å². The van der Waals surface area contributed by atoms with Crippen LogP contribution >= 0.6 is 0 Å². The van der Waals surface area contributed by atoms with Crippen molar-refractivity contribution >= 4 is 11.9 Å². The topological polar surface area (TPSA) is 83.4 Å². The molecule has 1 aromatic rings. The molecule has 106 valence electrons. The summed E-state index contributed by atoms with van der Waals surface area (Å²) in [5.41, 5.74) is 1.01. The molecule has 3 amide bonds. The van der Waals surface area contributed by atoms with E-state index in [2.05, 4.69) is 16.0 Å². The molecule has 0 spiro atoms. The number of urea groups is 1. The van der Waals surface area contributed by atoms with Gasteiger partial charge in [0.05, 0.1) is 6.04 Å². The Morgan fingerprint density at radius 2 is 1.89 bits per heavy atom. The van der Waals surface area contributed by atoms with E-state index < -0.39 is 12.1 Å². The molecule has 0 saturated carbocycles. The number of hydrogen-bond donors (Lipinski definition) is 3. The first-order valence-corrected chi connectivity index (χ1v) is 6.20. The van der Waals surface area contributed by atoms with Gasteiger partial charge in [0.2, 0.25) is 5.91 Å². The summed E-state index contributed by atoms with van der Waals surface area (Å²) in [5.74, 6) is 1.30. The summed E-state index contributed by atoms with van der Waals surface area (Å²) >= 11 is 0. The van der Waals surface area contributed by atoms with E-state index in [0.717, 1.165) is 17.1 Å². The molecule has 6 heteroatoms. The van der Waals surface area contributed by atoms with Crippen LogP contribution < -0.4 is 16.0 Å². The monoisotopic (exact) mass is 267 g/mol. The highest BCUT2D eigenvalue weighted by Gasteiger charge is 2.20. The Labute approximate surface area is 112 Å². The summed E-state index contributed by atoms with van der Waals surface area (Å²) in [4.78, 5) is 22.8. The van der Waals surface area contributed by atoms with Gasteiger partial charge in [-0.25, -0.2) is 4.79 Å². The van der Waals surface area contributed by atoms with Crippen molar-refractivity contribution in [1.29, 1.82) is 0 Å². The Morgan fingerprint density at radius 1 is 1.26 bits per heavy atom. The summed E-state index contributed by atoms with van der Waals surface area (Å²) in [7, 11) is 1.46. The number of rotatable bonds is 4. The highest BCUT2D eigenvalue weighted by Crippen LogP contribution is 2.21. The fourth-order valence-electron chi connectivity index (χ4n) is 1.90. The maximum atomic E-state index is 11.7. The van der Waals surface area contributed by atoms with Crippen molar-refractivity contribution in [1.82, 2.24) is 16.0 Å². The number of nitrogens with one attached hydrogen (secondary N) is 3. The van der Waals surface area contributed by atoms with Crippen molar-refractivity contribution in [2.75, 3.05) is 7.05 Å². The lowest BCUT2D eigenvalue weighted by Crippen LogP contribution is -2.47. The van der Waals surface area contributed by atoms with E-state index in [4.69, 9.17) is 4.42 Å². The van der Waals surface area contributed by atoms with Crippen LogP contribution in [0, 0.1) is 13.8 Å². The predicted octanol–water partition coefficient (Wildman–Crippen LogP) is 1.39. The molecule has 0 fully saturated rings. The molecule has 0 saturated heterocycles. The number of imide groups is 1. The van der Waals surface area contributed by atoms with E-state index in [1.165, 1.54) is 7.05 Å². The number of amides is 3. The zero-order chi connectivity index (χ0) is 14.6. The Balaban J connectivity index is 2.61. The van der Waals surface area contributed by atoms with Crippen LogP contribution in [0.2, 0.25) is 0 Å². The molecule has 1 aromatic heterocycles. The van der Waals surface area contributed by atoms with Crippen LogP contribution in [0.15, 0.2) is 10.5 Å². The molecule has 0 aliphatic carbocycles. The van der Waals surface area contributed by atoms with E-state index in [0.29, 0.717) is 0 Å². The van der Waals surface area contributed by atoms with Crippen LogP contribution in [0.4, 0.5) is 4.79 Å². The largest absolute Gasteiger partial charge is 0.466 e. The van der Waals surface area contributed by atoms with Crippen molar-refractivity contribution in [3.8, 4) is 0 Å². The van der Waals surface area contributed by atoms with Gasteiger partial charge < -0.3 is 9.73 Å². The van der Waals surface area contributed by atoms with E-state index in [-0.39, 0.29) is 11.9 Å². The number of furan rings is 1. The number of carbonyl (C=O) groups excluding carboxylic acids is 2. The highest BCUT2D eigenvalue weighted by atomic mass is 16.3. The van der Waals surface area contributed by atoms with Crippen molar-refractivity contribution in [2.24, 2.45) is 0 Å². The van der Waals surface area contributed by atoms with Gasteiger partial charge >= 0.3 is 6.03 Å². The molecular weight excluding hydrogens is 246 g/mol. The standard InChI is InChI=1S/C13H21N3O3/c1-7-6-11(10(4)19-7)8(2)15-9(3)12(17)16-13(18)14-5/h6,8-9,15H,1-5H3,(H2,14,16,17,18). The number of aryl methyl sites for hydroxylation is 2. The SMILES string of the molecule is CNC(=O)NC(=O)C(C)NC(C)c1cc(C)oc1C. The molecule has 6 nitrogen and oxygen atoms in total. The molecule has 0 aliphatic heterocycles. The maximum absolute atomic E-state index is 11.7. The summed E-state index contributed by atoms with van der Waals surface area (Å²) in [6.45, 7) is 7.42. The first-order chi connectivity index (χ1) is 8.85. The molecule has 0 bridgehead atoms. The smallest absolute Gasteiger partial charge is 0.321 e. The van der Waals surface area contributed by atoms with Gasteiger partial charge in [0.1, 0.15) is 11.5 Å². The predicted molar refractivity (Wildman–Crippen MR) is 71.8 cm³/mol. The van der Waals surface area contributed by atoms with Crippen LogP contribution in [0.3, 0.4) is 0 Å². The van der Waals surface area contributed by atoms with Crippen molar-refractivity contribution in [3.05, 3.63) is 23.2 Å². The second kappa shape index (κ2) is 6.38. The van der Waals surface area contributed by atoms with E-state index in [1.807, 2.05) is 26.8 Å². The van der Waals surface area contributed by atoms with Crippen molar-refractivity contribution in [2.45, 2.75) is 39.8 Å². The van der Waals surface area contributed by atoms with Gasteiger partial charge in [-0.15, -0.1) is 0 Å². The van der Waals surface area contributed by atoms with E-state index in [9.17, 15) is 9.59 Å². The molecule has 2 unspecified atom stereocenters. The lowest BCUT2D eigenvalue weighted by atomic mass is 10.1. The Morgan fingerprint density at radius 3 is 2.37 bits per heavy atom. The Bertz CT molecular complexity index is 468. The van der Waals surface area contributed by atoms with Crippen LogP contribution in [0.1, 0.15) is 37.0 Å². The second-order valence-corrected chi connectivity index (χ2v) is 4.55. The third-order valence-electron chi connectivity index (χ3n) is 2.90. The van der Waals surface area contributed by atoms with Crippen LogP contribution in [-0.4, -0.2) is 25.0 Å². The van der Waals surface area contributed by atoms with Crippen LogP contribution in [0.25, 0.3) is 0 Å². The van der Waals surface area contributed by atoms with Gasteiger partial charge in [-0.2, -0.15) is 0 Å². The fraction of sp³-hybridized carbons (Fsp3) is 0.538. The lowest BCUT2D eigenvalue weighted by molar-refractivity contribution is -0.121. The summed E-state index contributed by atoms with van der Waals surface area (Å²) in [6, 6.07) is 0.905. The zero-order valence-electron chi connectivity index (χ0n) is 12.0. The molecule has 3 N–H and O–H groups in total. The minimum atomic E-state index is -0.512. The molecule has 0 aliphatic rings. The summed E-state index contributed by atoms with van der Waals surface area (Å²) < 4.78 is 5.45. The molecule has 1 heterocycles. The van der Waals surface area contributed by atoms with Gasteiger partial charge in [0.15, 0.2) is 0 Å². The molecule has 2 atom stereocenters. The van der Waals surface area contributed by atoms with Gasteiger partial charge in [0.25, 0.3) is 0 Å². The number of carbonyl (C=O) groups is 2. The van der Waals surface area contributed by atoms with Crippen molar-refractivity contribution < 1.29 is 14.0 Å². The zero-order valence-corrected chi connectivity index (χ0v) is 12.0. The third-order valence-corrected chi connectivity index (χ3v) is 2.90. The Hall–Kier alpha value is -1.82. The van der Waals surface area contributed by atoms with Crippen molar-refractivity contribution in [3.63, 3.8) is 0 Å². The van der Waals surface area contributed by atoms with E-state index in [1.54, 1.807) is 6.92 Å². The average Bonchev–Trinajstić information content (AvgIpc) is 2.68. The minimum absolute atomic E-state index is 0.0390. The normalized spacial score (nSPS) is 13.7. The second-order valence-electron chi connectivity index (χ2n) is 4.55. The maximum Gasteiger partial charge on any atom is 0.321 e. The van der Waals surface area contributed by atoms with Gasteiger partial charge in [-0.3, -0.25) is 15.4 Å². The first kappa shape index (κ1) is 15.2. The molecule has 0 radical (unpaired) electrons. The molecular formula is C13H21N3O3. The first-order valence-electron chi connectivity index (χ1n) is 6.20. The summed E-state index contributed by atoms with van der Waals surface area (Å²) in [5, 5.41) is 7.69. The fourth-order valence-corrected chi connectivity index (χ4v) is 1.90. The molecule has 0 aromatic carbocycles. The van der Waals surface area contributed by atoms with Crippen LogP contribution in [-0.2, 0) is 4.79 Å². The van der Waals surface area contributed by atoms with Gasteiger partial charge in [0, 0.05) is 18.7 Å². The third kappa shape index (κ3) is 4.10. The lowest BCUT2D eigenvalue weighted by Gasteiger charge is -2.18. The minimum Gasteiger partial charge on any atom is -0.466 e. The average molecular weight is 267 g/mol. The van der Waals surface area contributed by atoms with Crippen LogP contribution in [0.5, 0.6) is 0 Å².